The molecule has 22 heavy (non-hydrogen) atoms. The molecule has 2 atom stereocenters. The van der Waals surface area contributed by atoms with Crippen molar-refractivity contribution in [3.8, 4) is 5.75 Å². The average Bonchev–Trinajstić information content (AvgIpc) is 2.76. The van der Waals surface area contributed by atoms with Crippen molar-refractivity contribution in [3.63, 3.8) is 0 Å². The van der Waals surface area contributed by atoms with Crippen molar-refractivity contribution in [2.24, 2.45) is 11.3 Å². The number of carbonyl (C=O) groups excluding carboxylic acids is 2. The van der Waals surface area contributed by atoms with Gasteiger partial charge in [0.05, 0.1) is 18.4 Å². The number of cyclic esters (lactones) is 2. The highest BCUT2D eigenvalue weighted by Crippen LogP contribution is 2.54. The third-order valence-corrected chi connectivity index (χ3v) is 5.46. The zero-order valence-electron chi connectivity index (χ0n) is 12.8. The van der Waals surface area contributed by atoms with Crippen LogP contribution >= 0.6 is 0 Å². The molecule has 4 nitrogen and oxygen atoms in total. The van der Waals surface area contributed by atoms with E-state index >= 15 is 0 Å². The maximum Gasteiger partial charge on any atom is 0.321 e. The lowest BCUT2D eigenvalue weighted by molar-refractivity contribution is -0.155. The average molecular weight is 298 g/mol. The number of rotatable bonds is 1. The van der Waals surface area contributed by atoms with E-state index in [1.54, 1.807) is 7.11 Å². The van der Waals surface area contributed by atoms with Crippen molar-refractivity contribution in [1.29, 1.82) is 0 Å². The summed E-state index contributed by atoms with van der Waals surface area (Å²) in [6.45, 7) is 1.87. The van der Waals surface area contributed by atoms with Crippen LogP contribution in [0.4, 0.5) is 0 Å². The SMILES string of the molecule is COc1ccc2c(c1)CCC1=C2CC[C@]2(C)C(=O)OC(=O)[C@H]12. The fraction of sp³-hybridized carbons (Fsp3) is 0.444. The summed E-state index contributed by atoms with van der Waals surface area (Å²) in [7, 11) is 1.67. The van der Waals surface area contributed by atoms with E-state index in [1.165, 1.54) is 16.7 Å². The minimum Gasteiger partial charge on any atom is -0.497 e. The summed E-state index contributed by atoms with van der Waals surface area (Å²) in [6, 6.07) is 6.11. The van der Waals surface area contributed by atoms with Crippen molar-refractivity contribution >= 4 is 17.5 Å². The second-order valence-electron chi connectivity index (χ2n) is 6.59. The number of benzene rings is 1. The number of hydrogen-bond donors (Lipinski definition) is 0. The van der Waals surface area contributed by atoms with Crippen molar-refractivity contribution in [1.82, 2.24) is 0 Å². The first-order valence-electron chi connectivity index (χ1n) is 7.70. The third-order valence-electron chi connectivity index (χ3n) is 5.46. The van der Waals surface area contributed by atoms with Gasteiger partial charge in [0.15, 0.2) is 0 Å². The molecule has 4 rings (SSSR count). The van der Waals surface area contributed by atoms with E-state index in [2.05, 4.69) is 12.1 Å². The Kier molecular flexibility index (Phi) is 2.74. The lowest BCUT2D eigenvalue weighted by atomic mass is 9.62. The summed E-state index contributed by atoms with van der Waals surface area (Å²) in [5.74, 6) is -0.246. The smallest absolute Gasteiger partial charge is 0.321 e. The van der Waals surface area contributed by atoms with Gasteiger partial charge in [-0.15, -0.1) is 0 Å². The fourth-order valence-corrected chi connectivity index (χ4v) is 4.21. The molecule has 1 aromatic carbocycles. The topological polar surface area (TPSA) is 52.6 Å². The van der Waals surface area contributed by atoms with Gasteiger partial charge in [0.1, 0.15) is 5.75 Å². The Labute approximate surface area is 129 Å². The van der Waals surface area contributed by atoms with Gasteiger partial charge in [0.25, 0.3) is 0 Å². The quantitative estimate of drug-likeness (QED) is 0.591. The first-order chi connectivity index (χ1) is 10.5. The van der Waals surface area contributed by atoms with Gasteiger partial charge < -0.3 is 9.47 Å². The Morgan fingerprint density at radius 1 is 1.23 bits per heavy atom. The maximum atomic E-state index is 12.2. The number of methoxy groups -OCH3 is 1. The second kappa shape index (κ2) is 4.45. The highest BCUT2D eigenvalue weighted by Gasteiger charge is 2.58. The lowest BCUT2D eigenvalue weighted by Gasteiger charge is -2.37. The van der Waals surface area contributed by atoms with Crippen LogP contribution in [-0.2, 0) is 20.7 Å². The molecule has 1 aromatic rings. The van der Waals surface area contributed by atoms with Gasteiger partial charge in [-0.25, -0.2) is 0 Å². The fourth-order valence-electron chi connectivity index (χ4n) is 4.21. The minimum absolute atomic E-state index is 0.352. The normalized spacial score (nSPS) is 29.6. The van der Waals surface area contributed by atoms with Crippen LogP contribution in [-0.4, -0.2) is 19.0 Å². The standard InChI is InChI=1S/C18H18O4/c1-18-8-7-13-12-6-4-11(21-2)9-10(12)3-5-14(13)15(18)16(19)22-17(18)20/h4,6,9,15H,3,5,7-8H2,1-2H3/t15-,18-/m0/s1. The van der Waals surface area contributed by atoms with Crippen LogP contribution in [0.15, 0.2) is 23.8 Å². The molecule has 0 bridgehead atoms. The Balaban J connectivity index is 1.85. The summed E-state index contributed by atoms with van der Waals surface area (Å²) in [4.78, 5) is 24.3. The van der Waals surface area contributed by atoms with Gasteiger partial charge >= 0.3 is 11.9 Å². The van der Waals surface area contributed by atoms with Gasteiger partial charge in [-0.1, -0.05) is 11.6 Å². The maximum absolute atomic E-state index is 12.2. The van der Waals surface area contributed by atoms with Crippen LogP contribution in [0.3, 0.4) is 0 Å². The summed E-state index contributed by atoms with van der Waals surface area (Å²) in [5, 5.41) is 0. The predicted octanol–water partition coefficient (Wildman–Crippen LogP) is 2.89. The lowest BCUT2D eigenvalue weighted by Crippen LogP contribution is -2.36. The summed E-state index contributed by atoms with van der Waals surface area (Å²) >= 11 is 0. The molecular formula is C18H18O4. The number of hydrogen-bond acceptors (Lipinski definition) is 4. The molecule has 0 spiro atoms. The molecule has 114 valence electrons. The van der Waals surface area contributed by atoms with E-state index in [-0.39, 0.29) is 17.9 Å². The predicted molar refractivity (Wildman–Crippen MR) is 80.2 cm³/mol. The highest BCUT2D eigenvalue weighted by molar-refractivity contribution is 6.02. The number of aryl methyl sites for hydroxylation is 1. The van der Waals surface area contributed by atoms with E-state index in [1.807, 2.05) is 13.0 Å². The second-order valence-corrected chi connectivity index (χ2v) is 6.59. The Bertz CT molecular complexity index is 731. The van der Waals surface area contributed by atoms with E-state index < -0.39 is 5.41 Å². The zero-order chi connectivity index (χ0) is 15.5. The monoisotopic (exact) mass is 298 g/mol. The molecule has 1 heterocycles. The first kappa shape index (κ1) is 13.6. The Morgan fingerprint density at radius 2 is 2.05 bits per heavy atom. The van der Waals surface area contributed by atoms with Gasteiger partial charge in [0, 0.05) is 0 Å². The zero-order valence-corrected chi connectivity index (χ0v) is 12.8. The van der Waals surface area contributed by atoms with Gasteiger partial charge in [-0.3, -0.25) is 9.59 Å². The van der Waals surface area contributed by atoms with Crippen LogP contribution in [0.2, 0.25) is 0 Å². The molecule has 0 unspecified atom stereocenters. The summed E-state index contributed by atoms with van der Waals surface area (Å²) in [6.07, 6.45) is 3.19. The molecule has 1 aliphatic heterocycles. The van der Waals surface area contributed by atoms with E-state index in [9.17, 15) is 9.59 Å². The highest BCUT2D eigenvalue weighted by atomic mass is 16.6. The van der Waals surface area contributed by atoms with Crippen LogP contribution in [0, 0.1) is 11.3 Å². The first-order valence-corrected chi connectivity index (χ1v) is 7.70. The summed E-state index contributed by atoms with van der Waals surface area (Å²) in [5.41, 5.74) is 4.15. The molecule has 1 saturated heterocycles. The van der Waals surface area contributed by atoms with Crippen molar-refractivity contribution in [3.05, 3.63) is 34.9 Å². The molecular weight excluding hydrogens is 280 g/mol. The number of esters is 2. The minimum atomic E-state index is -0.667. The van der Waals surface area contributed by atoms with Gasteiger partial charge in [0.2, 0.25) is 0 Å². The molecule has 0 amide bonds. The van der Waals surface area contributed by atoms with Crippen molar-refractivity contribution < 1.29 is 19.1 Å². The van der Waals surface area contributed by atoms with Gasteiger partial charge in [-0.05, 0) is 61.4 Å². The number of carbonyl (C=O) groups is 2. The molecule has 0 N–H and O–H groups in total. The van der Waals surface area contributed by atoms with E-state index in [0.717, 1.165) is 30.6 Å². The Morgan fingerprint density at radius 3 is 2.82 bits per heavy atom. The molecule has 0 saturated carbocycles. The van der Waals surface area contributed by atoms with Crippen molar-refractivity contribution in [2.45, 2.75) is 32.6 Å². The molecule has 0 radical (unpaired) electrons. The number of fused-ring (bicyclic) bond motifs is 4. The van der Waals surface area contributed by atoms with Crippen LogP contribution in [0.1, 0.15) is 37.3 Å². The van der Waals surface area contributed by atoms with Crippen LogP contribution < -0.4 is 4.74 Å². The molecule has 1 fully saturated rings. The molecule has 3 aliphatic rings. The Hall–Kier alpha value is -2.10. The molecule has 4 heteroatoms. The van der Waals surface area contributed by atoms with Crippen LogP contribution in [0.25, 0.3) is 5.57 Å². The van der Waals surface area contributed by atoms with Gasteiger partial charge in [-0.2, -0.15) is 0 Å². The van der Waals surface area contributed by atoms with E-state index in [0.29, 0.717) is 6.42 Å². The largest absolute Gasteiger partial charge is 0.497 e. The van der Waals surface area contributed by atoms with Crippen LogP contribution in [0.5, 0.6) is 5.75 Å². The molecule has 0 aromatic heterocycles. The van der Waals surface area contributed by atoms with Crippen molar-refractivity contribution in [2.75, 3.05) is 7.11 Å². The van der Waals surface area contributed by atoms with E-state index in [4.69, 9.17) is 9.47 Å². The number of allylic oxidation sites excluding steroid dienone is 1. The summed E-state index contributed by atoms with van der Waals surface area (Å²) < 4.78 is 10.3. The molecule has 2 aliphatic carbocycles. The third kappa shape index (κ3) is 1.64. The number of ether oxygens (including phenoxy) is 2.